The number of rotatable bonds is 5. The van der Waals surface area contributed by atoms with Gasteiger partial charge in [0.05, 0.1) is 0 Å². The van der Waals surface area contributed by atoms with Crippen molar-refractivity contribution in [3.05, 3.63) is 20.8 Å². The van der Waals surface area contributed by atoms with Gasteiger partial charge in [-0.25, -0.2) is 9.89 Å². The molecule has 19 heavy (non-hydrogen) atoms. The lowest BCUT2D eigenvalue weighted by Gasteiger charge is -2.30. The number of anilines is 1. The summed E-state index contributed by atoms with van der Waals surface area (Å²) in [5.41, 5.74) is -0.992. The molecule has 1 aromatic heterocycles. The van der Waals surface area contributed by atoms with E-state index in [2.05, 4.69) is 27.4 Å². The Morgan fingerprint density at radius 1 is 1.37 bits per heavy atom. The third-order valence-electron chi connectivity index (χ3n) is 3.34. The minimum Gasteiger partial charge on any atom is -0.349 e. The maximum absolute atomic E-state index is 11.8. The highest BCUT2D eigenvalue weighted by atomic mass is 16.2. The Morgan fingerprint density at radius 2 is 2.21 bits per heavy atom. The molecule has 1 fully saturated rings. The maximum atomic E-state index is 11.8. The van der Waals surface area contributed by atoms with Crippen LogP contribution in [-0.2, 0) is 0 Å². The second kappa shape index (κ2) is 6.51. The fourth-order valence-corrected chi connectivity index (χ4v) is 2.46. The van der Waals surface area contributed by atoms with Gasteiger partial charge in [-0.2, -0.15) is 0 Å². The zero-order valence-corrected chi connectivity index (χ0v) is 11.2. The molecule has 0 aromatic carbocycles. The van der Waals surface area contributed by atoms with Gasteiger partial charge in [0.15, 0.2) is 0 Å². The number of hydrogen-bond acceptors (Lipinski definition) is 5. The molecule has 0 spiro atoms. The van der Waals surface area contributed by atoms with Crippen LogP contribution in [0.5, 0.6) is 0 Å². The Morgan fingerprint density at radius 3 is 2.84 bits per heavy atom. The fourth-order valence-electron chi connectivity index (χ4n) is 2.46. The van der Waals surface area contributed by atoms with E-state index in [0.717, 1.165) is 32.5 Å². The second-order valence-electron chi connectivity index (χ2n) is 4.92. The van der Waals surface area contributed by atoms with Gasteiger partial charge in [-0.15, -0.1) is 5.10 Å². The molecule has 7 heteroatoms. The molecule has 1 unspecified atom stereocenters. The smallest absolute Gasteiger partial charge is 0.342 e. The molecule has 0 amide bonds. The van der Waals surface area contributed by atoms with Crippen LogP contribution in [0.4, 0.5) is 5.82 Å². The molecule has 0 bridgehead atoms. The first kappa shape index (κ1) is 13.8. The normalized spacial score (nSPS) is 19.3. The standard InChI is InChI=1S/C12H21N5O2/c1-2-7-17(8-9-5-3-4-6-13-9)10-11(18)14-12(19)16-15-10/h9,13H,2-8H2,1H3,(H2,14,16,18,19). The van der Waals surface area contributed by atoms with Crippen LogP contribution in [0.3, 0.4) is 0 Å². The van der Waals surface area contributed by atoms with Gasteiger partial charge in [-0.3, -0.25) is 9.78 Å². The molecule has 2 rings (SSSR count). The summed E-state index contributed by atoms with van der Waals surface area (Å²) >= 11 is 0. The van der Waals surface area contributed by atoms with E-state index in [1.54, 1.807) is 0 Å². The third-order valence-corrected chi connectivity index (χ3v) is 3.34. The number of nitrogens with one attached hydrogen (secondary N) is 3. The van der Waals surface area contributed by atoms with Gasteiger partial charge >= 0.3 is 5.69 Å². The molecule has 7 nitrogen and oxygen atoms in total. The van der Waals surface area contributed by atoms with E-state index in [1.165, 1.54) is 12.8 Å². The number of hydrogen-bond donors (Lipinski definition) is 3. The first-order valence-corrected chi connectivity index (χ1v) is 6.88. The Bertz CT molecular complexity index is 503. The summed E-state index contributed by atoms with van der Waals surface area (Å²) in [6.07, 6.45) is 4.46. The highest BCUT2D eigenvalue weighted by Gasteiger charge is 2.19. The number of aromatic amines is 2. The van der Waals surface area contributed by atoms with E-state index >= 15 is 0 Å². The van der Waals surface area contributed by atoms with Gasteiger partial charge < -0.3 is 10.2 Å². The first-order valence-electron chi connectivity index (χ1n) is 6.88. The van der Waals surface area contributed by atoms with Crippen molar-refractivity contribution in [3.63, 3.8) is 0 Å². The van der Waals surface area contributed by atoms with Gasteiger partial charge in [0.25, 0.3) is 5.56 Å². The van der Waals surface area contributed by atoms with E-state index in [9.17, 15) is 9.59 Å². The van der Waals surface area contributed by atoms with Crippen LogP contribution in [0.25, 0.3) is 0 Å². The summed E-state index contributed by atoms with van der Waals surface area (Å²) in [7, 11) is 0. The zero-order chi connectivity index (χ0) is 13.7. The summed E-state index contributed by atoms with van der Waals surface area (Å²) in [6, 6.07) is 0.383. The van der Waals surface area contributed by atoms with Crippen molar-refractivity contribution < 1.29 is 0 Å². The third kappa shape index (κ3) is 3.66. The zero-order valence-electron chi connectivity index (χ0n) is 11.2. The van der Waals surface area contributed by atoms with Crippen LogP contribution < -0.4 is 21.5 Å². The fraction of sp³-hybridized carbons (Fsp3) is 0.750. The van der Waals surface area contributed by atoms with Crippen molar-refractivity contribution >= 4 is 5.82 Å². The van der Waals surface area contributed by atoms with Crippen LogP contribution in [0.15, 0.2) is 9.59 Å². The lowest BCUT2D eigenvalue weighted by atomic mass is 10.0. The molecule has 2 heterocycles. The van der Waals surface area contributed by atoms with Crippen molar-refractivity contribution in [2.45, 2.75) is 38.6 Å². The number of nitrogens with zero attached hydrogens (tertiary/aromatic N) is 2. The summed E-state index contributed by atoms with van der Waals surface area (Å²) in [5.74, 6) is 0.300. The van der Waals surface area contributed by atoms with Crippen molar-refractivity contribution in [2.24, 2.45) is 0 Å². The van der Waals surface area contributed by atoms with Gasteiger partial charge in [0.1, 0.15) is 0 Å². The molecule has 1 aliphatic rings. The highest BCUT2D eigenvalue weighted by molar-refractivity contribution is 5.34. The van der Waals surface area contributed by atoms with E-state index in [0.29, 0.717) is 11.9 Å². The number of H-pyrrole nitrogens is 2. The van der Waals surface area contributed by atoms with E-state index in [4.69, 9.17) is 0 Å². The Labute approximate surface area is 111 Å². The summed E-state index contributed by atoms with van der Waals surface area (Å²) in [6.45, 7) is 4.58. The van der Waals surface area contributed by atoms with Crippen molar-refractivity contribution in [1.82, 2.24) is 20.5 Å². The highest BCUT2D eigenvalue weighted by Crippen LogP contribution is 2.11. The van der Waals surface area contributed by atoms with E-state index < -0.39 is 11.2 Å². The van der Waals surface area contributed by atoms with Crippen LogP contribution >= 0.6 is 0 Å². The Kier molecular flexibility index (Phi) is 4.73. The van der Waals surface area contributed by atoms with Gasteiger partial charge in [-0.1, -0.05) is 13.3 Å². The van der Waals surface area contributed by atoms with Gasteiger partial charge in [0, 0.05) is 19.1 Å². The minimum absolute atomic E-state index is 0.300. The topological polar surface area (TPSA) is 93.9 Å². The molecule has 1 atom stereocenters. The summed E-state index contributed by atoms with van der Waals surface area (Å²) in [5, 5.41) is 9.63. The number of piperidine rings is 1. The molecular weight excluding hydrogens is 246 g/mol. The Balaban J connectivity index is 2.14. The van der Waals surface area contributed by atoms with Crippen LogP contribution in [0, 0.1) is 0 Å². The lowest BCUT2D eigenvalue weighted by molar-refractivity contribution is 0.397. The average molecular weight is 267 g/mol. The van der Waals surface area contributed by atoms with Crippen LogP contribution in [-0.4, -0.2) is 40.9 Å². The summed E-state index contributed by atoms with van der Waals surface area (Å²) in [4.78, 5) is 27.0. The Hall–Kier alpha value is -1.63. The largest absolute Gasteiger partial charge is 0.349 e. The molecule has 0 radical (unpaired) electrons. The second-order valence-corrected chi connectivity index (χ2v) is 4.92. The minimum atomic E-state index is -0.569. The van der Waals surface area contributed by atoms with E-state index in [-0.39, 0.29) is 0 Å². The monoisotopic (exact) mass is 267 g/mol. The SMILES string of the molecule is CCCN(CC1CCCCN1)c1n[nH]c(=O)[nH]c1=O. The molecule has 1 aliphatic heterocycles. The van der Waals surface area contributed by atoms with E-state index in [1.807, 2.05) is 4.90 Å². The predicted molar refractivity (Wildman–Crippen MR) is 73.6 cm³/mol. The molecule has 1 saturated heterocycles. The molecule has 3 N–H and O–H groups in total. The maximum Gasteiger partial charge on any atom is 0.342 e. The molecule has 0 aliphatic carbocycles. The quantitative estimate of drug-likeness (QED) is 0.688. The molecular formula is C12H21N5O2. The van der Waals surface area contributed by atoms with Gasteiger partial charge in [-0.05, 0) is 25.8 Å². The van der Waals surface area contributed by atoms with Gasteiger partial charge in [0.2, 0.25) is 5.82 Å². The van der Waals surface area contributed by atoms with Crippen molar-refractivity contribution in [1.29, 1.82) is 0 Å². The molecule has 106 valence electrons. The average Bonchev–Trinajstić information content (AvgIpc) is 2.39. The van der Waals surface area contributed by atoms with Crippen molar-refractivity contribution in [2.75, 3.05) is 24.5 Å². The predicted octanol–water partition coefficient (Wildman–Crippen LogP) is -0.183. The first-order chi connectivity index (χ1) is 9.20. The lowest BCUT2D eigenvalue weighted by Crippen LogP contribution is -2.46. The number of aromatic nitrogens is 3. The van der Waals surface area contributed by atoms with Crippen molar-refractivity contribution in [3.8, 4) is 0 Å². The summed E-state index contributed by atoms with van der Waals surface area (Å²) < 4.78 is 0. The van der Waals surface area contributed by atoms with Crippen LogP contribution in [0.1, 0.15) is 32.6 Å². The molecule has 0 saturated carbocycles. The molecule has 1 aromatic rings. The van der Waals surface area contributed by atoms with Crippen LogP contribution in [0.2, 0.25) is 0 Å².